The number of aliphatic hydroxyl groups is 1. The number of thioether (sulfide) groups is 1. The molecule has 1 aliphatic rings. The van der Waals surface area contributed by atoms with Gasteiger partial charge < -0.3 is 5.11 Å². The molecule has 0 aromatic carbocycles. The minimum atomic E-state index is -0.345. The number of hydrogen-bond donors (Lipinski definition) is 1. The van der Waals surface area contributed by atoms with E-state index < -0.39 is 0 Å². The van der Waals surface area contributed by atoms with Crippen molar-refractivity contribution in [2.24, 2.45) is 0 Å². The van der Waals surface area contributed by atoms with Crippen LogP contribution in [0.3, 0.4) is 0 Å². The van der Waals surface area contributed by atoms with Crippen LogP contribution in [0.15, 0.2) is 11.8 Å². The van der Waals surface area contributed by atoms with Crippen LogP contribution in [0, 0.1) is 0 Å². The Morgan fingerprint density at radius 3 is 2.44 bits per heavy atom. The van der Waals surface area contributed by atoms with Crippen LogP contribution in [0.1, 0.15) is 58.8 Å². The molecule has 0 unspecified atom stereocenters. The Morgan fingerprint density at radius 1 is 1.25 bits per heavy atom. The number of carbonyl (C=O) groups is 1. The summed E-state index contributed by atoms with van der Waals surface area (Å²) in [6, 6.07) is 0. The third kappa shape index (κ3) is 3.85. The van der Waals surface area contributed by atoms with Gasteiger partial charge in [0, 0.05) is 6.08 Å². The van der Waals surface area contributed by atoms with Crippen LogP contribution < -0.4 is 0 Å². The van der Waals surface area contributed by atoms with E-state index in [0.29, 0.717) is 0 Å². The van der Waals surface area contributed by atoms with Gasteiger partial charge in [0.25, 0.3) is 0 Å². The molecule has 0 saturated carbocycles. The van der Waals surface area contributed by atoms with E-state index in [1.807, 2.05) is 6.92 Å². The van der Waals surface area contributed by atoms with E-state index in [-0.39, 0.29) is 15.6 Å². The Morgan fingerprint density at radius 2 is 1.88 bits per heavy atom. The molecule has 1 atom stereocenters. The van der Waals surface area contributed by atoms with E-state index in [9.17, 15) is 9.90 Å². The third-order valence-electron chi connectivity index (χ3n) is 3.13. The third-order valence-corrected chi connectivity index (χ3v) is 4.31. The maximum atomic E-state index is 11.2. The van der Waals surface area contributed by atoms with E-state index in [0.717, 1.165) is 12.8 Å². The zero-order valence-electron chi connectivity index (χ0n) is 10.3. The summed E-state index contributed by atoms with van der Waals surface area (Å²) < 4.78 is -0.345. The first-order valence-corrected chi connectivity index (χ1v) is 7.04. The highest BCUT2D eigenvalue weighted by Gasteiger charge is 2.37. The molecule has 0 spiro atoms. The lowest BCUT2D eigenvalue weighted by atomic mass is 9.99. The summed E-state index contributed by atoms with van der Waals surface area (Å²) in [4.78, 5) is 11.2. The fourth-order valence-corrected chi connectivity index (χ4v) is 3.01. The zero-order chi connectivity index (χ0) is 12.0. The van der Waals surface area contributed by atoms with Crippen molar-refractivity contribution in [1.29, 1.82) is 0 Å². The summed E-state index contributed by atoms with van der Waals surface area (Å²) >= 11 is 1.26. The van der Waals surface area contributed by atoms with Crippen LogP contribution in [0.4, 0.5) is 0 Å². The number of aliphatic hydroxyl groups excluding tert-OH is 1. The van der Waals surface area contributed by atoms with E-state index in [2.05, 4.69) is 6.92 Å². The molecular formula is C13H22O2S. The Bertz CT molecular complexity index is 273. The molecule has 0 aromatic heterocycles. The second-order valence-corrected chi connectivity index (χ2v) is 6.21. The fraction of sp³-hybridized carbons (Fsp3) is 0.769. The van der Waals surface area contributed by atoms with E-state index in [4.69, 9.17) is 0 Å². The van der Waals surface area contributed by atoms with Gasteiger partial charge in [0.2, 0.25) is 5.12 Å². The Hall–Kier alpha value is -0.440. The Balaban J connectivity index is 2.18. The standard InChI is InChI=1S/C13H22O2S/c1-3-4-5-6-7-8-9-13(2)11(14)10-12(15)16-13/h10,14H,3-9H2,1-2H3/t13-/m0/s1. The first-order chi connectivity index (χ1) is 7.58. The number of rotatable bonds is 7. The van der Waals surface area contributed by atoms with Gasteiger partial charge in [-0.05, 0) is 13.3 Å². The molecule has 2 nitrogen and oxygen atoms in total. The molecule has 0 bridgehead atoms. The smallest absolute Gasteiger partial charge is 0.216 e. The average molecular weight is 242 g/mol. The van der Waals surface area contributed by atoms with Gasteiger partial charge in [0.1, 0.15) is 5.76 Å². The molecule has 0 amide bonds. The van der Waals surface area contributed by atoms with E-state index in [1.54, 1.807) is 0 Å². The highest BCUT2D eigenvalue weighted by atomic mass is 32.2. The highest BCUT2D eigenvalue weighted by Crippen LogP contribution is 2.42. The summed E-state index contributed by atoms with van der Waals surface area (Å²) in [7, 11) is 0. The van der Waals surface area contributed by atoms with Gasteiger partial charge >= 0.3 is 0 Å². The van der Waals surface area contributed by atoms with Crippen LogP contribution in [0.2, 0.25) is 0 Å². The highest BCUT2D eigenvalue weighted by molar-refractivity contribution is 8.15. The molecule has 3 heteroatoms. The molecule has 0 aliphatic carbocycles. The van der Waals surface area contributed by atoms with Crippen molar-refractivity contribution < 1.29 is 9.90 Å². The number of hydrogen-bond acceptors (Lipinski definition) is 3. The predicted molar refractivity (Wildman–Crippen MR) is 69.7 cm³/mol. The van der Waals surface area contributed by atoms with Crippen molar-refractivity contribution in [2.75, 3.05) is 0 Å². The molecule has 1 heterocycles. The van der Waals surface area contributed by atoms with Crippen LogP contribution in [-0.2, 0) is 4.79 Å². The van der Waals surface area contributed by atoms with Gasteiger partial charge in [0.05, 0.1) is 4.75 Å². The normalized spacial score (nSPS) is 24.9. The molecule has 0 radical (unpaired) electrons. The fourth-order valence-electron chi connectivity index (χ4n) is 1.99. The molecule has 16 heavy (non-hydrogen) atoms. The van der Waals surface area contributed by atoms with Crippen LogP contribution >= 0.6 is 11.8 Å². The molecular weight excluding hydrogens is 220 g/mol. The number of carbonyl (C=O) groups excluding carboxylic acids is 1. The molecule has 92 valence electrons. The monoisotopic (exact) mass is 242 g/mol. The zero-order valence-corrected chi connectivity index (χ0v) is 11.1. The van der Waals surface area contributed by atoms with Crippen molar-refractivity contribution in [3.05, 3.63) is 11.8 Å². The van der Waals surface area contributed by atoms with Crippen molar-refractivity contribution in [3.8, 4) is 0 Å². The van der Waals surface area contributed by atoms with Crippen LogP contribution in [-0.4, -0.2) is 15.0 Å². The summed E-state index contributed by atoms with van der Waals surface area (Å²) in [6.07, 6.45) is 9.73. The van der Waals surface area contributed by atoms with E-state index >= 15 is 0 Å². The van der Waals surface area contributed by atoms with Gasteiger partial charge in [-0.1, -0.05) is 57.2 Å². The average Bonchev–Trinajstić information content (AvgIpc) is 2.47. The second-order valence-electron chi connectivity index (χ2n) is 4.70. The SMILES string of the molecule is CCCCCCCC[C@]1(C)SC(=O)C=C1O. The summed E-state index contributed by atoms with van der Waals surface area (Å²) in [5.74, 6) is 0.260. The molecule has 1 N–H and O–H groups in total. The summed E-state index contributed by atoms with van der Waals surface area (Å²) in [5.41, 5.74) is 0. The lowest BCUT2D eigenvalue weighted by Crippen LogP contribution is -2.20. The maximum Gasteiger partial charge on any atom is 0.216 e. The van der Waals surface area contributed by atoms with Crippen molar-refractivity contribution in [1.82, 2.24) is 0 Å². The van der Waals surface area contributed by atoms with Gasteiger partial charge in [-0.25, -0.2) is 0 Å². The topological polar surface area (TPSA) is 37.3 Å². The Kier molecular flexibility index (Phi) is 5.39. The molecule has 0 saturated heterocycles. The van der Waals surface area contributed by atoms with Gasteiger partial charge in [-0.15, -0.1) is 0 Å². The van der Waals surface area contributed by atoms with Gasteiger partial charge in [-0.3, -0.25) is 4.79 Å². The minimum Gasteiger partial charge on any atom is -0.511 e. The Labute approximate surface area is 103 Å². The molecule has 1 rings (SSSR count). The van der Waals surface area contributed by atoms with Gasteiger partial charge in [-0.2, -0.15) is 0 Å². The lowest BCUT2D eigenvalue weighted by Gasteiger charge is -2.22. The van der Waals surface area contributed by atoms with Crippen molar-refractivity contribution in [2.45, 2.75) is 63.5 Å². The molecule has 0 aromatic rings. The quantitative estimate of drug-likeness (QED) is 0.679. The molecule has 0 fully saturated rings. The van der Waals surface area contributed by atoms with Crippen molar-refractivity contribution >= 4 is 16.9 Å². The second kappa shape index (κ2) is 6.33. The predicted octanol–water partition coefficient (Wildman–Crippen LogP) is 4.21. The minimum absolute atomic E-state index is 0.00835. The number of unbranched alkanes of at least 4 members (excludes halogenated alkanes) is 5. The van der Waals surface area contributed by atoms with E-state index in [1.165, 1.54) is 49.9 Å². The summed E-state index contributed by atoms with van der Waals surface area (Å²) in [5, 5.41) is 9.67. The maximum absolute atomic E-state index is 11.2. The first-order valence-electron chi connectivity index (χ1n) is 6.22. The largest absolute Gasteiger partial charge is 0.511 e. The van der Waals surface area contributed by atoms with Crippen LogP contribution in [0.25, 0.3) is 0 Å². The lowest BCUT2D eigenvalue weighted by molar-refractivity contribution is -0.106. The van der Waals surface area contributed by atoms with Gasteiger partial charge in [0.15, 0.2) is 0 Å². The van der Waals surface area contributed by atoms with Crippen LogP contribution in [0.5, 0.6) is 0 Å². The molecule has 1 aliphatic heterocycles. The first kappa shape index (κ1) is 13.6. The summed E-state index contributed by atoms with van der Waals surface area (Å²) in [6.45, 7) is 4.17. The van der Waals surface area contributed by atoms with Crippen molar-refractivity contribution in [3.63, 3.8) is 0 Å².